The van der Waals surface area contributed by atoms with Gasteiger partial charge in [-0.3, -0.25) is 9.59 Å². The topological polar surface area (TPSA) is 112 Å². The number of esters is 1. The zero-order valence-electron chi connectivity index (χ0n) is 18.9. The third kappa shape index (κ3) is 4.54. The summed E-state index contributed by atoms with van der Waals surface area (Å²) in [4.78, 5) is 24.9. The predicted molar refractivity (Wildman–Crippen MR) is 118 cm³/mol. The molecule has 8 nitrogen and oxygen atoms in total. The molecule has 0 saturated heterocycles. The summed E-state index contributed by atoms with van der Waals surface area (Å²) in [6, 6.07) is 8.81. The number of carbonyl (C=O) groups excluding carboxylic acids is 2. The molecule has 0 aromatic heterocycles. The van der Waals surface area contributed by atoms with Crippen LogP contribution in [0.1, 0.15) is 49.0 Å². The van der Waals surface area contributed by atoms with Gasteiger partial charge in [0.25, 0.3) is 0 Å². The van der Waals surface area contributed by atoms with E-state index in [0.717, 1.165) is 11.1 Å². The Labute approximate surface area is 192 Å². The molecule has 176 valence electrons. The molecule has 8 heteroatoms. The first kappa shape index (κ1) is 23.1. The average Bonchev–Trinajstić information content (AvgIpc) is 3.47. The number of methoxy groups -OCH3 is 1. The molecule has 0 heterocycles. The number of rotatable bonds is 9. The van der Waals surface area contributed by atoms with Crippen LogP contribution in [0.3, 0.4) is 0 Å². The van der Waals surface area contributed by atoms with Gasteiger partial charge in [-0.1, -0.05) is 18.2 Å². The van der Waals surface area contributed by atoms with Crippen LogP contribution < -0.4 is 14.2 Å². The van der Waals surface area contributed by atoms with Crippen molar-refractivity contribution in [3.05, 3.63) is 41.5 Å². The van der Waals surface area contributed by atoms with Crippen molar-refractivity contribution in [3.8, 4) is 28.4 Å². The number of ketones is 1. The summed E-state index contributed by atoms with van der Waals surface area (Å²) in [5.74, 6) is 0.326. The maximum absolute atomic E-state index is 12.6. The number of ether oxygens (including phenoxy) is 4. The quantitative estimate of drug-likeness (QED) is 0.437. The van der Waals surface area contributed by atoms with Crippen LogP contribution in [0.25, 0.3) is 11.1 Å². The van der Waals surface area contributed by atoms with Crippen LogP contribution in [0.15, 0.2) is 30.3 Å². The van der Waals surface area contributed by atoms with Crippen LogP contribution in [-0.4, -0.2) is 48.3 Å². The molecule has 0 bridgehead atoms. The van der Waals surface area contributed by atoms with Gasteiger partial charge in [0.15, 0.2) is 17.3 Å². The number of fused-ring (bicyclic) bond motifs is 1. The molecule has 0 radical (unpaired) electrons. The van der Waals surface area contributed by atoms with Crippen LogP contribution in [0.2, 0.25) is 0 Å². The third-order valence-electron chi connectivity index (χ3n) is 6.00. The summed E-state index contributed by atoms with van der Waals surface area (Å²) in [5.41, 5.74) is 2.35. The van der Waals surface area contributed by atoms with Crippen molar-refractivity contribution < 1.29 is 38.7 Å². The summed E-state index contributed by atoms with van der Waals surface area (Å²) in [6.07, 6.45) is 2.13. The van der Waals surface area contributed by atoms with Gasteiger partial charge in [0.1, 0.15) is 12.0 Å². The van der Waals surface area contributed by atoms with Gasteiger partial charge in [-0.2, -0.15) is 0 Å². The maximum Gasteiger partial charge on any atom is 0.315 e. The average molecular weight is 456 g/mol. The van der Waals surface area contributed by atoms with Gasteiger partial charge < -0.3 is 29.2 Å². The molecule has 2 aromatic carbocycles. The molecule has 2 aliphatic rings. The smallest absolute Gasteiger partial charge is 0.315 e. The second-order valence-electron chi connectivity index (χ2n) is 8.70. The standard InChI is InChI=1S/C25H28O8/c1-14(2)32-23(27)25(11-12-25)13-31-21-18(8-10-20(22(21)30-3)33-24(28)29)15-5-4-6-17-16(15)7-9-19(17)26/h4-6,8,10,14,24,28-29H,7,9,11-13H2,1-3H3. The number of hydrogen-bond acceptors (Lipinski definition) is 8. The molecule has 1 fully saturated rings. The molecule has 2 N–H and O–H groups in total. The van der Waals surface area contributed by atoms with E-state index in [-0.39, 0.29) is 36.0 Å². The largest absolute Gasteiger partial charge is 0.490 e. The Morgan fingerprint density at radius 3 is 2.39 bits per heavy atom. The summed E-state index contributed by atoms with van der Waals surface area (Å²) in [5, 5.41) is 18.6. The summed E-state index contributed by atoms with van der Waals surface area (Å²) in [7, 11) is 1.42. The van der Waals surface area contributed by atoms with E-state index in [1.54, 1.807) is 26.0 Å². The highest BCUT2D eigenvalue weighted by Gasteiger charge is 2.53. The molecule has 1 saturated carbocycles. The van der Waals surface area contributed by atoms with Crippen molar-refractivity contribution in [2.75, 3.05) is 13.7 Å². The Kier molecular flexibility index (Phi) is 6.32. The van der Waals surface area contributed by atoms with Gasteiger partial charge in [0, 0.05) is 17.5 Å². The minimum Gasteiger partial charge on any atom is -0.490 e. The Morgan fingerprint density at radius 1 is 1.03 bits per heavy atom. The summed E-state index contributed by atoms with van der Waals surface area (Å²) < 4.78 is 22.2. The Bertz CT molecular complexity index is 1070. The highest BCUT2D eigenvalue weighted by molar-refractivity contribution is 6.02. The fourth-order valence-corrected chi connectivity index (χ4v) is 4.15. The number of benzene rings is 2. The molecule has 4 rings (SSSR count). The Balaban J connectivity index is 1.76. The van der Waals surface area contributed by atoms with Crippen LogP contribution in [0.5, 0.6) is 17.2 Å². The van der Waals surface area contributed by atoms with Gasteiger partial charge in [0.2, 0.25) is 5.75 Å². The first-order chi connectivity index (χ1) is 15.8. The number of Topliss-reactive ketones (excluding diaryl/α,β-unsaturated/α-hetero) is 1. The second-order valence-corrected chi connectivity index (χ2v) is 8.70. The normalized spacial score (nSPS) is 16.0. The van der Waals surface area contributed by atoms with Crippen LogP contribution in [0.4, 0.5) is 0 Å². The van der Waals surface area contributed by atoms with Crippen molar-refractivity contribution in [2.24, 2.45) is 5.41 Å². The molecule has 2 aliphatic carbocycles. The lowest BCUT2D eigenvalue weighted by molar-refractivity contribution is -0.180. The van der Waals surface area contributed by atoms with Gasteiger partial charge >= 0.3 is 12.4 Å². The minimum atomic E-state index is -2.05. The van der Waals surface area contributed by atoms with Crippen molar-refractivity contribution in [1.29, 1.82) is 0 Å². The lowest BCUT2D eigenvalue weighted by Gasteiger charge is -2.22. The lowest BCUT2D eigenvalue weighted by atomic mass is 9.95. The highest BCUT2D eigenvalue weighted by atomic mass is 16.7. The van der Waals surface area contributed by atoms with Gasteiger partial charge in [-0.15, -0.1) is 0 Å². The van der Waals surface area contributed by atoms with Gasteiger partial charge in [-0.05, 0) is 56.4 Å². The van der Waals surface area contributed by atoms with E-state index < -0.39 is 11.9 Å². The SMILES string of the molecule is COc1c(OC(O)O)ccc(-c2cccc3c2CCC3=O)c1OCC1(C(=O)OC(C)C)CC1. The Morgan fingerprint density at radius 2 is 1.76 bits per heavy atom. The van der Waals surface area contributed by atoms with E-state index >= 15 is 0 Å². The zero-order chi connectivity index (χ0) is 23.8. The van der Waals surface area contributed by atoms with Crippen LogP contribution >= 0.6 is 0 Å². The van der Waals surface area contributed by atoms with Crippen LogP contribution in [0, 0.1) is 5.41 Å². The predicted octanol–water partition coefficient (Wildman–Crippen LogP) is 3.25. The molecule has 0 aliphatic heterocycles. The molecule has 2 aromatic rings. The molecule has 0 unspecified atom stereocenters. The highest BCUT2D eigenvalue weighted by Crippen LogP contribution is 2.51. The fraction of sp³-hybridized carbons (Fsp3) is 0.440. The number of aliphatic hydroxyl groups excluding tert-OH is 1. The summed E-state index contributed by atoms with van der Waals surface area (Å²) >= 11 is 0. The van der Waals surface area contributed by atoms with Crippen molar-refractivity contribution in [2.45, 2.75) is 52.1 Å². The second kappa shape index (κ2) is 9.03. The fourth-order valence-electron chi connectivity index (χ4n) is 4.15. The van der Waals surface area contributed by atoms with Crippen molar-refractivity contribution in [1.82, 2.24) is 0 Å². The monoisotopic (exact) mass is 456 g/mol. The molecule has 0 amide bonds. The number of aliphatic hydroxyl groups is 2. The molecular formula is C25H28O8. The molecule has 0 atom stereocenters. The maximum atomic E-state index is 12.6. The molecule has 33 heavy (non-hydrogen) atoms. The van der Waals surface area contributed by atoms with Crippen LogP contribution in [-0.2, 0) is 16.0 Å². The van der Waals surface area contributed by atoms with Crippen molar-refractivity contribution >= 4 is 11.8 Å². The van der Waals surface area contributed by atoms with E-state index in [1.165, 1.54) is 7.11 Å². The van der Waals surface area contributed by atoms with Gasteiger partial charge in [-0.25, -0.2) is 0 Å². The summed E-state index contributed by atoms with van der Waals surface area (Å²) in [6.45, 7) is 1.62. The van der Waals surface area contributed by atoms with E-state index in [2.05, 4.69) is 0 Å². The molecular weight excluding hydrogens is 428 g/mol. The number of carbonyl (C=O) groups is 2. The van der Waals surface area contributed by atoms with E-state index in [4.69, 9.17) is 18.9 Å². The zero-order valence-corrected chi connectivity index (χ0v) is 18.9. The first-order valence-corrected chi connectivity index (χ1v) is 11.0. The van der Waals surface area contributed by atoms with E-state index in [1.807, 2.05) is 18.2 Å². The third-order valence-corrected chi connectivity index (χ3v) is 6.00. The lowest BCUT2D eigenvalue weighted by Crippen LogP contribution is -2.28. The molecule has 0 spiro atoms. The number of hydrogen-bond donors (Lipinski definition) is 2. The van der Waals surface area contributed by atoms with Gasteiger partial charge in [0.05, 0.1) is 13.2 Å². The minimum absolute atomic E-state index is 0.0704. The first-order valence-electron chi connectivity index (χ1n) is 11.0. The van der Waals surface area contributed by atoms with Crippen molar-refractivity contribution in [3.63, 3.8) is 0 Å². The van der Waals surface area contributed by atoms with E-state index in [9.17, 15) is 19.8 Å². The van der Waals surface area contributed by atoms with E-state index in [0.29, 0.717) is 42.6 Å². The Hall–Kier alpha value is -3.10.